The van der Waals surface area contributed by atoms with Crippen LogP contribution in [0.1, 0.15) is 52.5 Å². The van der Waals surface area contributed by atoms with Gasteiger partial charge in [0.05, 0.1) is 5.69 Å². The molecule has 4 N–H and O–H groups in total. The number of rotatable bonds is 11. The van der Waals surface area contributed by atoms with Crippen molar-refractivity contribution in [3.05, 3.63) is 53.6 Å². The van der Waals surface area contributed by atoms with E-state index < -0.39 is 11.7 Å². The Kier molecular flexibility index (Phi) is 10.7. The summed E-state index contributed by atoms with van der Waals surface area (Å²) in [5.41, 5.74) is 10.1. The zero-order chi connectivity index (χ0) is 30.3. The van der Waals surface area contributed by atoms with Crippen molar-refractivity contribution in [3.8, 4) is 11.1 Å². The van der Waals surface area contributed by atoms with Crippen LogP contribution < -0.4 is 11.1 Å². The zero-order valence-electron chi connectivity index (χ0n) is 25.1. The number of benzene rings is 2. The molecule has 0 unspecified atom stereocenters. The Morgan fingerprint density at radius 1 is 1.17 bits per heavy atom. The number of amides is 2. The molecule has 0 atom stereocenters. The van der Waals surface area contributed by atoms with Gasteiger partial charge in [-0.1, -0.05) is 31.2 Å². The van der Waals surface area contributed by atoms with Crippen molar-refractivity contribution < 1.29 is 19.4 Å². The standard InChI is InChI=1S/C32H43N5O4S/c1-5-13-36(14-7-12-34-31(40)41-32(2,3)4)30(39)26-15-25-11-10-24(17-28(25)35-29(33)18-26)23-8-6-9-27(16-23)42-37-19-22(20-37)21-38/h6,8-11,15-17,22,38H,5,7,12-14,18-21H2,1-4H3,(H2,33,35)(H,34,40). The van der Waals surface area contributed by atoms with Crippen molar-refractivity contribution in [1.29, 1.82) is 0 Å². The number of aliphatic imine (C=N–C) groups is 1. The minimum Gasteiger partial charge on any atom is -0.444 e. The van der Waals surface area contributed by atoms with Gasteiger partial charge in [0.15, 0.2) is 0 Å². The van der Waals surface area contributed by atoms with Crippen LogP contribution in [0.15, 0.2) is 57.9 Å². The van der Waals surface area contributed by atoms with Gasteiger partial charge in [-0.2, -0.15) is 0 Å². The molecule has 0 aromatic heterocycles. The van der Waals surface area contributed by atoms with Crippen molar-refractivity contribution in [2.24, 2.45) is 16.6 Å². The Hall–Kier alpha value is -3.34. The van der Waals surface area contributed by atoms with Gasteiger partial charge in [-0.05, 0) is 81.0 Å². The summed E-state index contributed by atoms with van der Waals surface area (Å²) in [5.74, 6) is 0.700. The Labute approximate surface area is 253 Å². The van der Waals surface area contributed by atoms with E-state index in [0.717, 1.165) is 46.8 Å². The highest BCUT2D eigenvalue weighted by atomic mass is 32.2. The van der Waals surface area contributed by atoms with Gasteiger partial charge in [0.25, 0.3) is 0 Å². The molecule has 2 amide bonds. The zero-order valence-corrected chi connectivity index (χ0v) is 25.9. The fourth-order valence-electron chi connectivity index (χ4n) is 4.86. The molecule has 2 aromatic rings. The summed E-state index contributed by atoms with van der Waals surface area (Å²) >= 11 is 1.71. The molecule has 2 aliphatic rings. The molecule has 4 rings (SSSR count). The van der Waals surface area contributed by atoms with E-state index in [-0.39, 0.29) is 18.9 Å². The molecule has 0 bridgehead atoms. The van der Waals surface area contributed by atoms with E-state index in [2.05, 4.69) is 38.9 Å². The molecule has 226 valence electrons. The molecule has 0 aliphatic carbocycles. The number of carbonyl (C=O) groups is 2. The number of aliphatic hydroxyl groups excluding tert-OH is 1. The maximum absolute atomic E-state index is 13.6. The van der Waals surface area contributed by atoms with Gasteiger partial charge < -0.3 is 25.8 Å². The minimum absolute atomic E-state index is 0.0663. The number of hydrogen-bond acceptors (Lipinski definition) is 8. The first-order chi connectivity index (χ1) is 20.0. The van der Waals surface area contributed by atoms with E-state index in [9.17, 15) is 14.7 Å². The van der Waals surface area contributed by atoms with E-state index in [1.54, 1.807) is 11.9 Å². The molecule has 0 saturated carbocycles. The van der Waals surface area contributed by atoms with Gasteiger partial charge in [-0.15, -0.1) is 0 Å². The summed E-state index contributed by atoms with van der Waals surface area (Å²) in [6.07, 6.45) is 3.15. The quantitative estimate of drug-likeness (QED) is 0.242. The molecule has 2 heterocycles. The second-order valence-corrected chi connectivity index (χ2v) is 13.0. The lowest BCUT2D eigenvalue weighted by Gasteiger charge is -2.36. The van der Waals surface area contributed by atoms with Crippen molar-refractivity contribution in [2.45, 2.75) is 57.5 Å². The van der Waals surface area contributed by atoms with Crippen LogP contribution in [0, 0.1) is 5.92 Å². The number of alkyl carbamates (subject to hydrolysis) is 1. The number of hydrogen-bond donors (Lipinski definition) is 3. The van der Waals surface area contributed by atoms with Crippen molar-refractivity contribution in [1.82, 2.24) is 14.5 Å². The van der Waals surface area contributed by atoms with Gasteiger partial charge in [0.2, 0.25) is 5.91 Å². The fourth-order valence-corrected chi connectivity index (χ4v) is 6.05. The predicted octanol–water partition coefficient (Wildman–Crippen LogP) is 5.21. The lowest BCUT2D eigenvalue weighted by Crippen LogP contribution is -2.43. The SMILES string of the molecule is CCCN(CCCNC(=O)OC(C)(C)C)C(=O)C1=Cc2ccc(-c3cccc(SN4CC(CO)C4)c3)cc2N=C(N)C1. The van der Waals surface area contributed by atoms with Crippen LogP contribution in [0.25, 0.3) is 17.2 Å². The van der Waals surface area contributed by atoms with Crippen molar-refractivity contribution in [2.75, 3.05) is 39.3 Å². The van der Waals surface area contributed by atoms with Crippen LogP contribution in [0.4, 0.5) is 10.5 Å². The molecule has 0 spiro atoms. The average Bonchev–Trinajstić information content (AvgIpc) is 3.08. The molecular weight excluding hydrogens is 550 g/mol. The number of fused-ring (bicyclic) bond motifs is 1. The Bertz CT molecular complexity index is 1330. The summed E-state index contributed by atoms with van der Waals surface area (Å²) in [6, 6.07) is 14.4. The normalized spacial score (nSPS) is 15.5. The van der Waals surface area contributed by atoms with Crippen LogP contribution in [-0.2, 0) is 9.53 Å². The molecular formula is C32H43N5O4S. The van der Waals surface area contributed by atoms with Gasteiger partial charge in [0, 0.05) is 67.7 Å². The Balaban J connectivity index is 1.44. The summed E-state index contributed by atoms with van der Waals surface area (Å²) in [5, 5.41) is 12.0. The molecule has 1 fully saturated rings. The number of aliphatic hydroxyl groups is 1. The Morgan fingerprint density at radius 3 is 2.64 bits per heavy atom. The van der Waals surface area contributed by atoms with Gasteiger partial charge in [-0.3, -0.25) is 4.79 Å². The van der Waals surface area contributed by atoms with Crippen LogP contribution >= 0.6 is 11.9 Å². The van der Waals surface area contributed by atoms with Crippen molar-refractivity contribution in [3.63, 3.8) is 0 Å². The van der Waals surface area contributed by atoms with E-state index in [1.807, 2.05) is 56.9 Å². The highest BCUT2D eigenvalue weighted by Gasteiger charge is 2.27. The summed E-state index contributed by atoms with van der Waals surface area (Å²) in [6.45, 7) is 11.1. The molecule has 0 radical (unpaired) electrons. The fraction of sp³-hybridized carbons (Fsp3) is 0.469. The number of ether oxygens (including phenoxy) is 1. The van der Waals surface area contributed by atoms with Crippen LogP contribution in [0.5, 0.6) is 0 Å². The lowest BCUT2D eigenvalue weighted by molar-refractivity contribution is -0.127. The van der Waals surface area contributed by atoms with Gasteiger partial charge in [0.1, 0.15) is 11.4 Å². The Morgan fingerprint density at radius 2 is 1.93 bits per heavy atom. The first-order valence-corrected chi connectivity index (χ1v) is 15.4. The highest BCUT2D eigenvalue weighted by molar-refractivity contribution is 7.97. The molecule has 9 nitrogen and oxygen atoms in total. The lowest BCUT2D eigenvalue weighted by atomic mass is 10.0. The van der Waals surface area contributed by atoms with E-state index in [0.29, 0.717) is 43.4 Å². The monoisotopic (exact) mass is 593 g/mol. The van der Waals surface area contributed by atoms with E-state index >= 15 is 0 Å². The molecule has 1 saturated heterocycles. The first-order valence-electron chi connectivity index (χ1n) is 14.6. The van der Waals surface area contributed by atoms with Crippen LogP contribution in [0.3, 0.4) is 0 Å². The van der Waals surface area contributed by atoms with Gasteiger partial charge >= 0.3 is 6.09 Å². The summed E-state index contributed by atoms with van der Waals surface area (Å²) < 4.78 is 7.54. The molecule has 2 aliphatic heterocycles. The summed E-state index contributed by atoms with van der Waals surface area (Å²) in [4.78, 5) is 33.2. The molecule has 42 heavy (non-hydrogen) atoms. The van der Waals surface area contributed by atoms with E-state index in [1.165, 1.54) is 0 Å². The first kappa shape index (κ1) is 31.6. The average molecular weight is 594 g/mol. The third-order valence-corrected chi connectivity index (χ3v) is 7.93. The van der Waals surface area contributed by atoms with Crippen LogP contribution in [0.2, 0.25) is 0 Å². The summed E-state index contributed by atoms with van der Waals surface area (Å²) in [7, 11) is 0. The second-order valence-electron chi connectivity index (χ2n) is 11.8. The maximum atomic E-state index is 13.6. The topological polar surface area (TPSA) is 120 Å². The van der Waals surface area contributed by atoms with Crippen LogP contribution in [-0.4, -0.2) is 77.1 Å². The third kappa shape index (κ3) is 8.83. The largest absolute Gasteiger partial charge is 0.444 e. The number of nitrogens with two attached hydrogens (primary N) is 1. The minimum atomic E-state index is -0.554. The molecule has 10 heteroatoms. The molecule has 2 aromatic carbocycles. The van der Waals surface area contributed by atoms with Crippen molar-refractivity contribution >= 4 is 41.5 Å². The highest BCUT2D eigenvalue weighted by Crippen LogP contribution is 2.35. The van der Waals surface area contributed by atoms with E-state index in [4.69, 9.17) is 10.5 Å². The maximum Gasteiger partial charge on any atom is 0.407 e. The third-order valence-electron chi connectivity index (χ3n) is 6.91. The number of amidine groups is 1. The predicted molar refractivity (Wildman–Crippen MR) is 169 cm³/mol. The number of nitrogens with zero attached hydrogens (tertiary/aromatic N) is 3. The van der Waals surface area contributed by atoms with Gasteiger partial charge in [-0.25, -0.2) is 14.1 Å². The smallest absolute Gasteiger partial charge is 0.407 e. The number of carbonyl (C=O) groups excluding carboxylic acids is 2. The number of nitrogens with one attached hydrogen (secondary N) is 1. The second kappa shape index (κ2) is 14.2.